The Morgan fingerprint density at radius 2 is 1.68 bits per heavy atom. The molecular weight excluding hydrogens is 602 g/mol. The number of aromatic hydroxyl groups is 1. The van der Waals surface area contributed by atoms with Crippen molar-refractivity contribution in [2.45, 2.75) is 25.7 Å². The largest absolute Gasteiger partial charge is 0.508 e. The highest BCUT2D eigenvalue weighted by atomic mass is 79.9. The number of allylic oxidation sites excluding steroid dienone is 6. The lowest BCUT2D eigenvalue weighted by Gasteiger charge is -2.42. The molecule has 0 unspecified atom stereocenters. The fraction of sp³-hybridized carbons (Fsp3) is 0.241. The molecule has 6 nitrogen and oxygen atoms in total. The van der Waals surface area contributed by atoms with Crippen LogP contribution in [0.2, 0.25) is 0 Å². The number of aryl methyl sites for hydroxylation is 1. The number of imide groups is 1. The number of fused-ring (bicyclic) bond motifs is 3. The summed E-state index contributed by atoms with van der Waals surface area (Å²) in [5.41, 5.74) is 3.63. The third-order valence-corrected chi connectivity index (χ3v) is 9.09. The van der Waals surface area contributed by atoms with Crippen LogP contribution in [0.1, 0.15) is 29.9 Å². The number of hydrogen-bond acceptors (Lipinski definition) is 5. The van der Waals surface area contributed by atoms with Crippen LogP contribution in [0, 0.1) is 24.7 Å². The molecule has 6 rings (SSSR count). The first-order chi connectivity index (χ1) is 17.7. The molecule has 1 aliphatic heterocycles. The zero-order valence-electron chi connectivity index (χ0n) is 19.7. The molecule has 2 amide bonds. The highest BCUT2D eigenvalue weighted by Gasteiger charge is 2.56. The van der Waals surface area contributed by atoms with Crippen molar-refractivity contribution in [2.24, 2.45) is 17.8 Å². The van der Waals surface area contributed by atoms with Crippen LogP contribution in [0.5, 0.6) is 5.75 Å². The van der Waals surface area contributed by atoms with Gasteiger partial charge < -0.3 is 5.11 Å². The van der Waals surface area contributed by atoms with Crippen LogP contribution < -0.4 is 4.90 Å². The summed E-state index contributed by atoms with van der Waals surface area (Å²) in [6, 6.07) is 12.2. The molecule has 1 N–H and O–H groups in total. The predicted octanol–water partition coefficient (Wildman–Crippen LogP) is 5.43. The summed E-state index contributed by atoms with van der Waals surface area (Å²) in [7, 11) is 0. The lowest BCUT2D eigenvalue weighted by Crippen LogP contribution is -2.39. The van der Waals surface area contributed by atoms with Crippen LogP contribution in [0.4, 0.5) is 5.69 Å². The van der Waals surface area contributed by atoms with E-state index in [9.17, 15) is 24.3 Å². The number of carbonyl (C=O) groups excluding carboxylic acids is 4. The molecule has 3 aliphatic carbocycles. The number of anilines is 1. The maximum atomic E-state index is 13.8. The summed E-state index contributed by atoms with van der Waals surface area (Å²) >= 11 is 6.63. The molecule has 0 aromatic heterocycles. The summed E-state index contributed by atoms with van der Waals surface area (Å²) in [5.74, 6) is -2.98. The SMILES string of the molecule is Cc1cc([C@H]2C3=CC[C@@H]4C(=O)N(c5ccc(Br)cc5)C(=O)[C@@H]4[C@@H]3CC3=C2C(=O)C=C(Br)C3=O)ccc1O. The third kappa shape index (κ3) is 3.64. The minimum atomic E-state index is -0.626. The number of ketones is 2. The lowest BCUT2D eigenvalue weighted by atomic mass is 9.59. The number of benzene rings is 2. The van der Waals surface area contributed by atoms with E-state index in [1.165, 1.54) is 11.0 Å². The van der Waals surface area contributed by atoms with Crippen LogP contribution in [-0.4, -0.2) is 28.5 Å². The normalized spacial score (nSPS) is 27.1. The molecule has 8 heteroatoms. The van der Waals surface area contributed by atoms with Crippen LogP contribution in [-0.2, 0) is 19.2 Å². The number of Topliss-reactive ketones (excluding diaryl/α,β-unsaturated/α-hetero) is 1. The molecule has 1 fully saturated rings. The summed E-state index contributed by atoms with van der Waals surface area (Å²) < 4.78 is 1.04. The first kappa shape index (κ1) is 24.2. The molecule has 1 saturated heterocycles. The van der Waals surface area contributed by atoms with Crippen molar-refractivity contribution < 1.29 is 24.3 Å². The molecule has 4 aliphatic rings. The molecule has 1 heterocycles. The van der Waals surface area contributed by atoms with Gasteiger partial charge in [0.2, 0.25) is 11.8 Å². The van der Waals surface area contributed by atoms with Crippen molar-refractivity contribution in [3.05, 3.63) is 91.4 Å². The molecule has 2 aromatic rings. The number of carbonyl (C=O) groups is 4. The maximum Gasteiger partial charge on any atom is 0.238 e. The zero-order chi connectivity index (χ0) is 26.2. The van der Waals surface area contributed by atoms with Gasteiger partial charge in [0, 0.05) is 27.6 Å². The van der Waals surface area contributed by atoms with Gasteiger partial charge >= 0.3 is 0 Å². The van der Waals surface area contributed by atoms with Crippen molar-refractivity contribution in [3.8, 4) is 5.75 Å². The highest BCUT2D eigenvalue weighted by Crippen LogP contribution is 2.55. The number of hydrogen-bond donors (Lipinski definition) is 1. The first-order valence-corrected chi connectivity index (χ1v) is 13.6. The van der Waals surface area contributed by atoms with E-state index in [1.54, 1.807) is 43.3 Å². The predicted molar refractivity (Wildman–Crippen MR) is 144 cm³/mol. The Hall–Kier alpha value is -3.10. The van der Waals surface area contributed by atoms with Crippen LogP contribution in [0.3, 0.4) is 0 Å². The van der Waals surface area contributed by atoms with Crippen molar-refractivity contribution in [2.75, 3.05) is 4.90 Å². The van der Waals surface area contributed by atoms with E-state index in [0.717, 1.165) is 15.6 Å². The summed E-state index contributed by atoms with van der Waals surface area (Å²) in [5, 5.41) is 10.1. The van der Waals surface area contributed by atoms with Crippen LogP contribution in [0.25, 0.3) is 0 Å². The number of phenolic OH excluding ortho intramolecular Hbond substituents is 1. The second-order valence-corrected chi connectivity index (χ2v) is 11.7. The van der Waals surface area contributed by atoms with E-state index in [0.29, 0.717) is 28.8 Å². The summed E-state index contributed by atoms with van der Waals surface area (Å²) in [6.45, 7) is 1.78. The Bertz CT molecular complexity index is 1520. The van der Waals surface area contributed by atoms with Gasteiger partial charge in [0.05, 0.1) is 22.0 Å². The van der Waals surface area contributed by atoms with Gasteiger partial charge in [-0.25, -0.2) is 0 Å². The molecule has 37 heavy (non-hydrogen) atoms. The Morgan fingerprint density at radius 3 is 2.38 bits per heavy atom. The number of phenols is 1. The molecular formula is C29H21Br2NO5. The Labute approximate surface area is 230 Å². The summed E-state index contributed by atoms with van der Waals surface area (Å²) in [4.78, 5) is 55.2. The van der Waals surface area contributed by atoms with E-state index in [-0.39, 0.29) is 40.0 Å². The lowest BCUT2D eigenvalue weighted by molar-refractivity contribution is -0.123. The van der Waals surface area contributed by atoms with Crippen molar-refractivity contribution >= 4 is 60.9 Å². The fourth-order valence-corrected chi connectivity index (χ4v) is 7.00. The number of rotatable bonds is 2. The van der Waals surface area contributed by atoms with E-state index < -0.39 is 23.7 Å². The van der Waals surface area contributed by atoms with E-state index in [2.05, 4.69) is 31.9 Å². The van der Waals surface area contributed by atoms with E-state index in [1.807, 2.05) is 12.1 Å². The Balaban J connectivity index is 1.49. The molecule has 4 atom stereocenters. The van der Waals surface area contributed by atoms with Crippen molar-refractivity contribution in [1.82, 2.24) is 0 Å². The molecule has 0 spiro atoms. The fourth-order valence-electron chi connectivity index (χ4n) is 6.29. The minimum absolute atomic E-state index is 0.137. The van der Waals surface area contributed by atoms with Gasteiger partial charge in [0.1, 0.15) is 5.75 Å². The average molecular weight is 623 g/mol. The van der Waals surface area contributed by atoms with Crippen molar-refractivity contribution in [1.29, 1.82) is 0 Å². The number of amides is 2. The van der Waals surface area contributed by atoms with Gasteiger partial charge in [-0.3, -0.25) is 24.1 Å². The molecule has 186 valence electrons. The zero-order valence-corrected chi connectivity index (χ0v) is 22.9. The van der Waals surface area contributed by atoms with E-state index >= 15 is 0 Å². The van der Waals surface area contributed by atoms with Crippen molar-refractivity contribution in [3.63, 3.8) is 0 Å². The van der Waals surface area contributed by atoms with E-state index in [4.69, 9.17) is 0 Å². The van der Waals surface area contributed by atoms with Gasteiger partial charge in [-0.05, 0) is 83.1 Å². The topological polar surface area (TPSA) is 91.8 Å². The third-order valence-electron chi connectivity index (χ3n) is 7.97. The highest BCUT2D eigenvalue weighted by molar-refractivity contribution is 9.12. The number of nitrogens with zero attached hydrogens (tertiary/aromatic N) is 1. The molecule has 0 saturated carbocycles. The van der Waals surface area contributed by atoms with Crippen LogP contribution in [0.15, 0.2) is 80.3 Å². The molecule has 0 bridgehead atoms. The second-order valence-electron chi connectivity index (χ2n) is 9.93. The molecule has 2 aromatic carbocycles. The standard InChI is InChI=1S/C29H21Br2NO5/c1-13-10-14(2-9-22(13)33)24-17-7-8-18-25(19(17)11-20-26(24)23(34)12-21(31)27(20)35)29(37)32(28(18)36)16-5-3-15(30)4-6-16/h2-7,9-10,12,18-19,24-25,33H,8,11H2,1H3/t18-,19+,24-,25-/m0/s1. The first-order valence-electron chi connectivity index (χ1n) is 12.0. The quantitative estimate of drug-likeness (QED) is 0.274. The molecule has 0 radical (unpaired) electrons. The average Bonchev–Trinajstić information content (AvgIpc) is 3.13. The Kier molecular flexibility index (Phi) is 5.73. The van der Waals surface area contributed by atoms with Gasteiger partial charge in [0.25, 0.3) is 0 Å². The summed E-state index contributed by atoms with van der Waals surface area (Å²) in [6.07, 6.45) is 3.90. The van der Waals surface area contributed by atoms with Gasteiger partial charge in [-0.1, -0.05) is 39.7 Å². The Morgan fingerprint density at radius 1 is 0.946 bits per heavy atom. The smallest absolute Gasteiger partial charge is 0.238 e. The number of halogens is 2. The van der Waals surface area contributed by atoms with Gasteiger partial charge in [-0.2, -0.15) is 0 Å². The van der Waals surface area contributed by atoms with Gasteiger partial charge in [-0.15, -0.1) is 0 Å². The van der Waals surface area contributed by atoms with Gasteiger partial charge in [0.15, 0.2) is 11.6 Å². The van der Waals surface area contributed by atoms with Crippen LogP contribution >= 0.6 is 31.9 Å². The maximum absolute atomic E-state index is 13.8. The second kappa shape index (κ2) is 8.74. The minimum Gasteiger partial charge on any atom is -0.508 e. The monoisotopic (exact) mass is 621 g/mol.